The van der Waals surface area contributed by atoms with E-state index < -0.39 is 5.82 Å². The Morgan fingerprint density at radius 1 is 1.00 bits per heavy atom. The van der Waals surface area contributed by atoms with Gasteiger partial charge in [0.1, 0.15) is 5.82 Å². The van der Waals surface area contributed by atoms with E-state index in [0.717, 1.165) is 19.5 Å². The Bertz CT molecular complexity index is 698. The fourth-order valence-electron chi connectivity index (χ4n) is 3.68. The van der Waals surface area contributed by atoms with Gasteiger partial charge in [-0.3, -0.25) is 9.69 Å². The molecule has 0 radical (unpaired) electrons. The van der Waals surface area contributed by atoms with Gasteiger partial charge in [-0.15, -0.1) is 0 Å². The van der Waals surface area contributed by atoms with E-state index in [0.29, 0.717) is 12.5 Å². The topological polar surface area (TPSA) is 32.3 Å². The van der Waals surface area contributed by atoms with Gasteiger partial charge >= 0.3 is 0 Å². The molecule has 0 aromatic heterocycles. The average molecular weight is 354 g/mol. The number of benzene rings is 2. The number of para-hydroxylation sites is 1. The van der Waals surface area contributed by atoms with Gasteiger partial charge in [0.2, 0.25) is 5.91 Å². The number of amides is 1. The van der Waals surface area contributed by atoms with E-state index in [1.807, 2.05) is 6.07 Å². The highest BCUT2D eigenvalue weighted by Crippen LogP contribution is 2.24. The molecule has 26 heavy (non-hydrogen) atoms. The summed E-state index contributed by atoms with van der Waals surface area (Å²) in [6, 6.07) is 17.3. The summed E-state index contributed by atoms with van der Waals surface area (Å²) < 4.78 is 13.7. The molecule has 3 rings (SSSR count). The molecular weight excluding hydrogens is 327 g/mol. The van der Waals surface area contributed by atoms with Crippen molar-refractivity contribution in [2.75, 3.05) is 18.4 Å². The van der Waals surface area contributed by atoms with Gasteiger partial charge in [-0.2, -0.15) is 0 Å². The normalized spacial score (nSPS) is 14.7. The van der Waals surface area contributed by atoms with Crippen LogP contribution in [0.4, 0.5) is 10.1 Å². The number of nitrogens with one attached hydrogen (secondary N) is 1. The molecule has 3 nitrogen and oxygen atoms in total. The molecule has 0 spiro atoms. The predicted octanol–water partition coefficient (Wildman–Crippen LogP) is 4.64. The van der Waals surface area contributed by atoms with Crippen molar-refractivity contribution in [2.45, 2.75) is 44.6 Å². The third-order valence-electron chi connectivity index (χ3n) is 5.15. The molecule has 1 N–H and O–H groups in total. The summed E-state index contributed by atoms with van der Waals surface area (Å²) in [5, 5.41) is 2.69. The van der Waals surface area contributed by atoms with Crippen LogP contribution < -0.4 is 5.32 Å². The molecule has 138 valence electrons. The summed E-state index contributed by atoms with van der Waals surface area (Å²) in [5.74, 6) is -0.518. The average Bonchev–Trinajstić information content (AvgIpc) is 3.19. The van der Waals surface area contributed by atoms with Crippen LogP contribution in [0.3, 0.4) is 0 Å². The first-order chi connectivity index (χ1) is 12.7. The second-order valence-corrected chi connectivity index (χ2v) is 6.99. The monoisotopic (exact) mass is 354 g/mol. The van der Waals surface area contributed by atoms with E-state index in [4.69, 9.17) is 0 Å². The van der Waals surface area contributed by atoms with Crippen LogP contribution in [0.1, 0.15) is 37.7 Å². The van der Waals surface area contributed by atoms with Crippen LogP contribution in [0.2, 0.25) is 0 Å². The fourth-order valence-corrected chi connectivity index (χ4v) is 3.68. The van der Waals surface area contributed by atoms with Gasteiger partial charge in [0, 0.05) is 25.6 Å². The lowest BCUT2D eigenvalue weighted by Crippen LogP contribution is -2.37. The first-order valence-electron chi connectivity index (χ1n) is 9.55. The molecule has 1 aliphatic carbocycles. The fraction of sp³-hybridized carbons (Fsp3) is 0.409. The highest BCUT2D eigenvalue weighted by molar-refractivity contribution is 5.90. The van der Waals surface area contributed by atoms with E-state index >= 15 is 0 Å². The minimum absolute atomic E-state index is 0.127. The molecule has 1 saturated carbocycles. The van der Waals surface area contributed by atoms with Crippen molar-refractivity contribution in [2.24, 2.45) is 0 Å². The molecule has 1 aliphatic rings. The Labute approximate surface area is 155 Å². The molecule has 4 heteroatoms. The Balaban J connectivity index is 1.53. The summed E-state index contributed by atoms with van der Waals surface area (Å²) in [5.41, 5.74) is 1.58. The second kappa shape index (κ2) is 9.48. The maximum atomic E-state index is 13.7. The molecule has 0 unspecified atom stereocenters. The number of rotatable bonds is 8. The van der Waals surface area contributed by atoms with E-state index in [-0.39, 0.29) is 11.6 Å². The number of carbonyl (C=O) groups excluding carboxylic acids is 1. The van der Waals surface area contributed by atoms with Gasteiger partial charge in [0.15, 0.2) is 0 Å². The van der Waals surface area contributed by atoms with Crippen LogP contribution >= 0.6 is 0 Å². The van der Waals surface area contributed by atoms with Gasteiger partial charge in [-0.25, -0.2) is 4.39 Å². The zero-order valence-corrected chi connectivity index (χ0v) is 15.2. The van der Waals surface area contributed by atoms with Crippen molar-refractivity contribution in [1.29, 1.82) is 0 Å². The molecule has 0 heterocycles. The number of halogens is 1. The quantitative estimate of drug-likeness (QED) is 0.749. The van der Waals surface area contributed by atoms with Crippen molar-refractivity contribution in [1.82, 2.24) is 4.90 Å². The minimum Gasteiger partial charge on any atom is -0.324 e. The lowest BCUT2D eigenvalue weighted by atomic mass is 10.1. The van der Waals surface area contributed by atoms with Crippen LogP contribution in [0.25, 0.3) is 0 Å². The number of nitrogens with zero attached hydrogens (tertiary/aromatic N) is 1. The van der Waals surface area contributed by atoms with E-state index in [1.165, 1.54) is 37.3 Å². The lowest BCUT2D eigenvalue weighted by Gasteiger charge is -2.28. The van der Waals surface area contributed by atoms with Crippen molar-refractivity contribution < 1.29 is 9.18 Å². The van der Waals surface area contributed by atoms with Gasteiger partial charge in [0.25, 0.3) is 0 Å². The highest BCUT2D eigenvalue weighted by atomic mass is 19.1. The summed E-state index contributed by atoms with van der Waals surface area (Å²) >= 11 is 0. The van der Waals surface area contributed by atoms with Crippen molar-refractivity contribution >= 4 is 11.6 Å². The molecule has 1 amide bonds. The van der Waals surface area contributed by atoms with Gasteiger partial charge in [-0.1, -0.05) is 55.3 Å². The molecule has 2 aromatic carbocycles. The van der Waals surface area contributed by atoms with Gasteiger partial charge < -0.3 is 5.32 Å². The Hall–Kier alpha value is -2.20. The first-order valence-corrected chi connectivity index (χ1v) is 9.55. The summed E-state index contributed by atoms with van der Waals surface area (Å²) in [6.07, 6.45) is 6.35. The van der Waals surface area contributed by atoms with Crippen LogP contribution in [0.5, 0.6) is 0 Å². The molecule has 0 aliphatic heterocycles. The van der Waals surface area contributed by atoms with Gasteiger partial charge in [-0.05, 0) is 37.0 Å². The highest BCUT2D eigenvalue weighted by Gasteiger charge is 2.22. The zero-order chi connectivity index (χ0) is 18.2. The summed E-state index contributed by atoms with van der Waals surface area (Å²) in [4.78, 5) is 14.7. The second-order valence-electron chi connectivity index (χ2n) is 6.99. The predicted molar refractivity (Wildman–Crippen MR) is 104 cm³/mol. The molecule has 0 saturated heterocycles. The lowest BCUT2D eigenvalue weighted by molar-refractivity contribution is -0.116. The first kappa shape index (κ1) is 18.6. The van der Waals surface area contributed by atoms with Crippen molar-refractivity contribution in [3.05, 3.63) is 66.0 Å². The van der Waals surface area contributed by atoms with Crippen LogP contribution in [0.15, 0.2) is 54.6 Å². The number of hydrogen-bond donors (Lipinski definition) is 1. The molecule has 0 atom stereocenters. The maximum Gasteiger partial charge on any atom is 0.225 e. The third kappa shape index (κ3) is 5.40. The maximum absolute atomic E-state index is 13.7. The molecule has 1 fully saturated rings. The Kier molecular flexibility index (Phi) is 6.78. The van der Waals surface area contributed by atoms with Gasteiger partial charge in [0.05, 0.1) is 5.69 Å². The molecular formula is C22H27FN2O. The van der Waals surface area contributed by atoms with E-state index in [2.05, 4.69) is 34.5 Å². The summed E-state index contributed by atoms with van der Waals surface area (Å²) in [7, 11) is 0. The SMILES string of the molecule is O=C(CCN(CCc1ccccc1)C1CCCC1)Nc1ccccc1F. The number of hydrogen-bond acceptors (Lipinski definition) is 2. The Morgan fingerprint density at radius 3 is 2.42 bits per heavy atom. The van der Waals surface area contributed by atoms with Crippen LogP contribution in [-0.4, -0.2) is 29.9 Å². The zero-order valence-electron chi connectivity index (χ0n) is 15.2. The van der Waals surface area contributed by atoms with E-state index in [1.54, 1.807) is 18.2 Å². The van der Waals surface area contributed by atoms with Crippen LogP contribution in [0, 0.1) is 5.82 Å². The van der Waals surface area contributed by atoms with Crippen LogP contribution in [-0.2, 0) is 11.2 Å². The van der Waals surface area contributed by atoms with Crippen molar-refractivity contribution in [3.8, 4) is 0 Å². The standard InChI is InChI=1S/C22H27FN2O/c23-20-12-6-7-13-21(20)24-22(26)15-17-25(19-10-4-5-11-19)16-14-18-8-2-1-3-9-18/h1-3,6-9,12-13,19H,4-5,10-11,14-17H2,(H,24,26). The largest absolute Gasteiger partial charge is 0.324 e. The molecule has 2 aromatic rings. The number of carbonyl (C=O) groups is 1. The summed E-state index contributed by atoms with van der Waals surface area (Å²) in [6.45, 7) is 1.68. The van der Waals surface area contributed by atoms with Crippen molar-refractivity contribution in [3.63, 3.8) is 0 Å². The minimum atomic E-state index is -0.391. The third-order valence-corrected chi connectivity index (χ3v) is 5.15. The smallest absolute Gasteiger partial charge is 0.225 e. The Morgan fingerprint density at radius 2 is 1.69 bits per heavy atom. The van der Waals surface area contributed by atoms with E-state index in [9.17, 15) is 9.18 Å². The number of anilines is 1. The molecule has 0 bridgehead atoms.